The lowest BCUT2D eigenvalue weighted by Gasteiger charge is -2.34. The standard InChI is InChI=1S/C21H28N4O3S/c1-15(2)16-5-7-18(8-6-16)25-14-22-23-21(25)29-13-19(26)24-9-3-4-17(12-24)20-27-10-11-28-20/h5-8,14-15,17,20H,3-4,9-13H2,1-2H3. The van der Waals surface area contributed by atoms with Crippen molar-refractivity contribution in [1.29, 1.82) is 0 Å². The Kier molecular flexibility index (Phi) is 6.52. The highest BCUT2D eigenvalue weighted by atomic mass is 32.2. The molecule has 156 valence electrons. The van der Waals surface area contributed by atoms with Gasteiger partial charge in [0, 0.05) is 24.7 Å². The first-order valence-electron chi connectivity index (χ1n) is 10.3. The molecule has 29 heavy (non-hydrogen) atoms. The number of benzene rings is 1. The molecular formula is C21H28N4O3S. The Morgan fingerprint density at radius 1 is 1.24 bits per heavy atom. The van der Waals surface area contributed by atoms with E-state index in [0.29, 0.717) is 31.4 Å². The van der Waals surface area contributed by atoms with Crippen LogP contribution in [0.15, 0.2) is 35.7 Å². The fraction of sp³-hybridized carbons (Fsp3) is 0.571. The second kappa shape index (κ2) is 9.28. The molecule has 1 aromatic carbocycles. The van der Waals surface area contributed by atoms with Gasteiger partial charge in [-0.3, -0.25) is 9.36 Å². The van der Waals surface area contributed by atoms with Gasteiger partial charge in [-0.15, -0.1) is 10.2 Å². The van der Waals surface area contributed by atoms with Crippen LogP contribution in [0.4, 0.5) is 0 Å². The van der Waals surface area contributed by atoms with Gasteiger partial charge in [0.05, 0.1) is 19.0 Å². The summed E-state index contributed by atoms with van der Waals surface area (Å²) in [6.07, 6.45) is 3.57. The third kappa shape index (κ3) is 4.82. The predicted molar refractivity (Wildman–Crippen MR) is 111 cm³/mol. The van der Waals surface area contributed by atoms with Gasteiger partial charge in [0.2, 0.25) is 5.91 Å². The van der Waals surface area contributed by atoms with Gasteiger partial charge in [-0.25, -0.2) is 0 Å². The zero-order valence-electron chi connectivity index (χ0n) is 17.0. The maximum absolute atomic E-state index is 12.8. The molecule has 0 aliphatic carbocycles. The molecular weight excluding hydrogens is 388 g/mol. The van der Waals surface area contributed by atoms with Crippen LogP contribution in [0.3, 0.4) is 0 Å². The average Bonchev–Trinajstić information content (AvgIpc) is 3.44. The summed E-state index contributed by atoms with van der Waals surface area (Å²) in [4.78, 5) is 14.7. The van der Waals surface area contributed by atoms with Crippen molar-refractivity contribution in [2.24, 2.45) is 5.92 Å². The lowest BCUT2D eigenvalue weighted by Crippen LogP contribution is -2.44. The van der Waals surface area contributed by atoms with Crippen LogP contribution in [0.25, 0.3) is 5.69 Å². The van der Waals surface area contributed by atoms with Crippen LogP contribution in [-0.4, -0.2) is 63.9 Å². The predicted octanol–water partition coefficient (Wildman–Crippen LogP) is 3.09. The second-order valence-corrected chi connectivity index (χ2v) is 8.81. The van der Waals surface area contributed by atoms with Gasteiger partial charge >= 0.3 is 0 Å². The molecule has 0 saturated carbocycles. The first-order valence-corrected chi connectivity index (χ1v) is 11.2. The highest BCUT2D eigenvalue weighted by Crippen LogP contribution is 2.26. The fourth-order valence-electron chi connectivity index (χ4n) is 3.84. The van der Waals surface area contributed by atoms with Crippen LogP contribution < -0.4 is 0 Å². The highest BCUT2D eigenvalue weighted by molar-refractivity contribution is 7.99. The van der Waals surface area contributed by atoms with Crippen molar-refractivity contribution in [3.8, 4) is 5.69 Å². The van der Waals surface area contributed by atoms with Crippen molar-refractivity contribution in [2.75, 3.05) is 32.1 Å². The van der Waals surface area contributed by atoms with Crippen LogP contribution in [0.5, 0.6) is 0 Å². The third-order valence-corrected chi connectivity index (χ3v) is 6.45. The molecule has 0 bridgehead atoms. The number of ether oxygens (including phenoxy) is 2. The Bertz CT molecular complexity index is 818. The maximum Gasteiger partial charge on any atom is 0.233 e. The van der Waals surface area contributed by atoms with Crippen LogP contribution in [0.2, 0.25) is 0 Å². The lowest BCUT2D eigenvalue weighted by atomic mass is 9.97. The Labute approximate surface area is 175 Å². The number of rotatable bonds is 6. The normalized spacial score (nSPS) is 20.5. The second-order valence-electron chi connectivity index (χ2n) is 7.87. The molecule has 1 aromatic heterocycles. The van der Waals surface area contributed by atoms with Crippen molar-refractivity contribution in [1.82, 2.24) is 19.7 Å². The first-order chi connectivity index (χ1) is 14.1. The number of thioether (sulfide) groups is 1. The number of amides is 1. The Hall–Kier alpha value is -1.90. The number of carbonyl (C=O) groups excluding carboxylic acids is 1. The molecule has 1 atom stereocenters. The molecule has 2 saturated heterocycles. The molecule has 4 rings (SSSR count). The Balaban J connectivity index is 1.35. The van der Waals surface area contributed by atoms with Crippen molar-refractivity contribution >= 4 is 17.7 Å². The number of aromatic nitrogens is 3. The first kappa shape index (κ1) is 20.4. The minimum atomic E-state index is -0.157. The number of likely N-dealkylation sites (tertiary alicyclic amines) is 1. The van der Waals surface area contributed by atoms with Crippen LogP contribution in [-0.2, 0) is 14.3 Å². The Morgan fingerprint density at radius 3 is 2.72 bits per heavy atom. The summed E-state index contributed by atoms with van der Waals surface area (Å²) in [6.45, 7) is 7.16. The SMILES string of the molecule is CC(C)c1ccc(-n2cnnc2SCC(=O)N2CCCC(C3OCCO3)C2)cc1. The van der Waals surface area contributed by atoms with E-state index in [1.165, 1.54) is 17.3 Å². The van der Waals surface area contributed by atoms with E-state index in [0.717, 1.165) is 30.2 Å². The van der Waals surface area contributed by atoms with Gasteiger partial charge in [-0.05, 0) is 36.5 Å². The molecule has 3 heterocycles. The molecule has 2 fully saturated rings. The third-order valence-electron chi connectivity index (χ3n) is 5.52. The number of hydrogen-bond donors (Lipinski definition) is 0. The van der Waals surface area contributed by atoms with Crippen molar-refractivity contribution < 1.29 is 14.3 Å². The van der Waals surface area contributed by atoms with Crippen molar-refractivity contribution in [3.05, 3.63) is 36.2 Å². The van der Waals surface area contributed by atoms with E-state index in [1.54, 1.807) is 6.33 Å². The van der Waals surface area contributed by atoms with Crippen LogP contribution >= 0.6 is 11.8 Å². The zero-order valence-corrected chi connectivity index (χ0v) is 17.8. The summed E-state index contributed by atoms with van der Waals surface area (Å²) in [5.74, 6) is 1.23. The van der Waals surface area contributed by atoms with Gasteiger partial charge in [0.25, 0.3) is 0 Å². The Morgan fingerprint density at radius 2 is 2.00 bits per heavy atom. The largest absolute Gasteiger partial charge is 0.350 e. The average molecular weight is 417 g/mol. The summed E-state index contributed by atoms with van der Waals surface area (Å²) in [5.41, 5.74) is 2.30. The number of piperidine rings is 1. The smallest absolute Gasteiger partial charge is 0.233 e. The minimum absolute atomic E-state index is 0.127. The summed E-state index contributed by atoms with van der Waals surface area (Å²) in [6, 6.07) is 8.39. The van der Waals surface area contributed by atoms with E-state index < -0.39 is 0 Å². The molecule has 1 amide bonds. The summed E-state index contributed by atoms with van der Waals surface area (Å²) < 4.78 is 13.2. The maximum atomic E-state index is 12.8. The van der Waals surface area contributed by atoms with E-state index in [4.69, 9.17) is 9.47 Å². The molecule has 2 aromatic rings. The molecule has 1 unspecified atom stereocenters. The molecule has 7 nitrogen and oxygen atoms in total. The van der Waals surface area contributed by atoms with E-state index >= 15 is 0 Å². The number of carbonyl (C=O) groups is 1. The monoisotopic (exact) mass is 416 g/mol. The summed E-state index contributed by atoms with van der Waals surface area (Å²) in [7, 11) is 0. The van der Waals surface area contributed by atoms with Gasteiger partial charge in [0.15, 0.2) is 11.4 Å². The highest BCUT2D eigenvalue weighted by Gasteiger charge is 2.32. The van der Waals surface area contributed by atoms with E-state index in [2.05, 4.69) is 48.3 Å². The molecule has 8 heteroatoms. The number of hydrogen-bond acceptors (Lipinski definition) is 6. The van der Waals surface area contributed by atoms with E-state index in [9.17, 15) is 4.79 Å². The van der Waals surface area contributed by atoms with E-state index in [1.807, 2.05) is 9.47 Å². The number of nitrogens with zero attached hydrogens (tertiary/aromatic N) is 4. The van der Waals surface area contributed by atoms with Crippen molar-refractivity contribution in [2.45, 2.75) is 44.1 Å². The van der Waals surface area contributed by atoms with Crippen LogP contribution in [0.1, 0.15) is 38.2 Å². The molecule has 0 radical (unpaired) electrons. The lowest BCUT2D eigenvalue weighted by molar-refractivity contribution is -0.136. The van der Waals surface area contributed by atoms with Crippen LogP contribution in [0, 0.1) is 5.92 Å². The minimum Gasteiger partial charge on any atom is -0.350 e. The molecule has 2 aliphatic heterocycles. The van der Waals surface area contributed by atoms with Gasteiger partial charge in [-0.2, -0.15) is 0 Å². The summed E-state index contributed by atoms with van der Waals surface area (Å²) >= 11 is 1.43. The quantitative estimate of drug-likeness (QED) is 0.674. The van der Waals surface area contributed by atoms with Gasteiger partial charge in [0.1, 0.15) is 6.33 Å². The topological polar surface area (TPSA) is 69.5 Å². The fourth-order valence-corrected chi connectivity index (χ4v) is 4.68. The molecule has 0 spiro atoms. The molecule has 2 aliphatic rings. The van der Waals surface area contributed by atoms with E-state index in [-0.39, 0.29) is 18.1 Å². The van der Waals surface area contributed by atoms with Gasteiger partial charge in [-0.1, -0.05) is 37.7 Å². The zero-order chi connectivity index (χ0) is 20.2. The summed E-state index contributed by atoms with van der Waals surface area (Å²) in [5, 5.41) is 8.98. The van der Waals surface area contributed by atoms with Gasteiger partial charge < -0.3 is 14.4 Å². The van der Waals surface area contributed by atoms with Crippen molar-refractivity contribution in [3.63, 3.8) is 0 Å². The molecule has 0 N–H and O–H groups in total.